The van der Waals surface area contributed by atoms with Crippen molar-refractivity contribution < 1.29 is 23.9 Å². The quantitative estimate of drug-likeness (QED) is 0.433. The number of carbonyl (C=O) groups is 3. The highest BCUT2D eigenvalue weighted by molar-refractivity contribution is 6.11. The van der Waals surface area contributed by atoms with E-state index in [4.69, 9.17) is 9.47 Å². The maximum absolute atomic E-state index is 12.9. The van der Waals surface area contributed by atoms with Gasteiger partial charge in [-0.25, -0.2) is 4.79 Å². The van der Waals surface area contributed by atoms with Crippen LogP contribution in [-0.2, 0) is 14.9 Å². The zero-order valence-corrected chi connectivity index (χ0v) is 17.3. The molecule has 1 aliphatic rings. The van der Waals surface area contributed by atoms with E-state index < -0.39 is 17.2 Å². The molecule has 0 aromatic heterocycles. The molecule has 1 aliphatic heterocycles. The molecule has 0 bridgehead atoms. The first-order valence-corrected chi connectivity index (χ1v) is 9.43. The van der Waals surface area contributed by atoms with E-state index >= 15 is 0 Å². The number of rotatable bonds is 4. The number of anilines is 1. The molecular formula is C23H25NO5. The van der Waals surface area contributed by atoms with Crippen molar-refractivity contribution >= 4 is 23.5 Å². The van der Waals surface area contributed by atoms with Gasteiger partial charge in [-0.3, -0.25) is 9.59 Å². The molecule has 0 saturated carbocycles. The largest absolute Gasteiger partial charge is 0.514 e. The first-order valence-electron chi connectivity index (χ1n) is 9.43. The Morgan fingerprint density at radius 2 is 1.66 bits per heavy atom. The first-order chi connectivity index (χ1) is 13.5. The second-order valence-corrected chi connectivity index (χ2v) is 8.40. The maximum Gasteiger partial charge on any atom is 0.514 e. The summed E-state index contributed by atoms with van der Waals surface area (Å²) in [5.41, 5.74) is 0.565. The van der Waals surface area contributed by atoms with E-state index in [9.17, 15) is 14.4 Å². The third-order valence-electron chi connectivity index (χ3n) is 4.92. The summed E-state index contributed by atoms with van der Waals surface area (Å²) in [6, 6.07) is 13.8. The molecule has 0 N–H and O–H groups in total. The van der Waals surface area contributed by atoms with Gasteiger partial charge in [-0.1, -0.05) is 18.2 Å². The van der Waals surface area contributed by atoms with Crippen LogP contribution < -0.4 is 9.64 Å². The number of para-hydroxylation sites is 1. The van der Waals surface area contributed by atoms with Gasteiger partial charge >= 0.3 is 6.16 Å². The maximum atomic E-state index is 12.9. The van der Waals surface area contributed by atoms with Gasteiger partial charge in [0.25, 0.3) is 0 Å². The third-order valence-corrected chi connectivity index (χ3v) is 4.92. The molecule has 29 heavy (non-hydrogen) atoms. The zero-order chi connectivity index (χ0) is 21.4. The van der Waals surface area contributed by atoms with Crippen molar-refractivity contribution in [3.63, 3.8) is 0 Å². The number of nitrogens with zero attached hydrogens (tertiary/aromatic N) is 1. The molecule has 1 amide bonds. The van der Waals surface area contributed by atoms with Gasteiger partial charge in [0.15, 0.2) is 5.78 Å². The Bertz CT molecular complexity index is 958. The molecule has 152 valence electrons. The van der Waals surface area contributed by atoms with Crippen molar-refractivity contribution in [2.24, 2.45) is 0 Å². The Morgan fingerprint density at radius 3 is 2.28 bits per heavy atom. The van der Waals surface area contributed by atoms with E-state index in [-0.39, 0.29) is 23.9 Å². The predicted octanol–water partition coefficient (Wildman–Crippen LogP) is 4.51. The van der Waals surface area contributed by atoms with Crippen LogP contribution in [-0.4, -0.2) is 30.5 Å². The number of hydrogen-bond acceptors (Lipinski definition) is 5. The zero-order valence-electron chi connectivity index (χ0n) is 17.3. The minimum atomic E-state index is -0.909. The summed E-state index contributed by atoms with van der Waals surface area (Å²) in [4.78, 5) is 39.1. The van der Waals surface area contributed by atoms with E-state index in [0.29, 0.717) is 5.56 Å². The summed E-state index contributed by atoms with van der Waals surface area (Å²) in [6.07, 6.45) is -0.750. The van der Waals surface area contributed by atoms with Crippen molar-refractivity contribution in [1.82, 2.24) is 0 Å². The van der Waals surface area contributed by atoms with Gasteiger partial charge in [-0.2, -0.15) is 0 Å². The lowest BCUT2D eigenvalue weighted by molar-refractivity contribution is -0.122. The number of benzene rings is 2. The van der Waals surface area contributed by atoms with Gasteiger partial charge in [0.2, 0.25) is 5.91 Å². The fourth-order valence-electron chi connectivity index (χ4n) is 3.50. The highest BCUT2D eigenvalue weighted by Crippen LogP contribution is 2.43. The summed E-state index contributed by atoms with van der Waals surface area (Å²) in [5.74, 6) is 0.0238. The van der Waals surface area contributed by atoms with Gasteiger partial charge in [-0.05, 0) is 63.6 Å². The van der Waals surface area contributed by atoms with Crippen molar-refractivity contribution in [1.29, 1.82) is 0 Å². The Labute approximate surface area is 170 Å². The number of likely N-dealkylation sites (N-methyl/N-ethyl adjacent to an activating group) is 1. The standard InChI is InChI=1S/C23H25NO5/c1-22(2,3)29-21(27)28-16-12-10-15(11-13-16)19(25)14-23(4)17-8-6-7-9-18(17)24(5)20(23)26/h6-13H,14H2,1-5H3. The van der Waals surface area contributed by atoms with Gasteiger partial charge in [0.1, 0.15) is 11.4 Å². The number of hydrogen-bond donors (Lipinski definition) is 0. The lowest BCUT2D eigenvalue weighted by atomic mass is 9.78. The van der Waals surface area contributed by atoms with Crippen molar-refractivity contribution in [2.45, 2.75) is 45.1 Å². The lowest BCUT2D eigenvalue weighted by Crippen LogP contribution is -2.37. The predicted molar refractivity (Wildman–Crippen MR) is 109 cm³/mol. The number of carbonyl (C=O) groups excluding carboxylic acids is 3. The van der Waals surface area contributed by atoms with Crippen LogP contribution in [0.5, 0.6) is 5.75 Å². The number of Topliss-reactive ketones (excluding diaryl/α,β-unsaturated/α-hetero) is 1. The topological polar surface area (TPSA) is 72.9 Å². The molecular weight excluding hydrogens is 370 g/mol. The Kier molecular flexibility index (Phi) is 5.22. The second-order valence-electron chi connectivity index (χ2n) is 8.40. The fourth-order valence-corrected chi connectivity index (χ4v) is 3.50. The highest BCUT2D eigenvalue weighted by Gasteiger charge is 2.47. The number of fused-ring (bicyclic) bond motifs is 1. The van der Waals surface area contributed by atoms with Crippen LogP contribution in [0.3, 0.4) is 0 Å². The SMILES string of the molecule is CN1C(=O)C(C)(CC(=O)c2ccc(OC(=O)OC(C)(C)C)cc2)c2ccccc21. The highest BCUT2D eigenvalue weighted by atomic mass is 16.7. The molecule has 3 rings (SSSR count). The van der Waals surface area contributed by atoms with Crippen LogP contribution in [0.1, 0.15) is 50.0 Å². The molecule has 6 heteroatoms. The van der Waals surface area contributed by atoms with Crippen LogP contribution >= 0.6 is 0 Å². The molecule has 2 aromatic carbocycles. The van der Waals surface area contributed by atoms with Crippen LogP contribution in [0, 0.1) is 0 Å². The molecule has 0 radical (unpaired) electrons. The van der Waals surface area contributed by atoms with E-state index in [0.717, 1.165) is 11.3 Å². The van der Waals surface area contributed by atoms with Gasteiger partial charge < -0.3 is 14.4 Å². The molecule has 0 spiro atoms. The Balaban J connectivity index is 1.73. The molecule has 2 aromatic rings. The molecule has 0 aliphatic carbocycles. The summed E-state index contributed by atoms with van der Waals surface area (Å²) in [6.45, 7) is 7.04. The Hall–Kier alpha value is -3.15. The minimum absolute atomic E-state index is 0.0550. The van der Waals surface area contributed by atoms with Crippen molar-refractivity contribution in [2.75, 3.05) is 11.9 Å². The van der Waals surface area contributed by atoms with Gasteiger partial charge in [-0.15, -0.1) is 0 Å². The van der Waals surface area contributed by atoms with Crippen LogP contribution in [0.4, 0.5) is 10.5 Å². The van der Waals surface area contributed by atoms with E-state index in [1.54, 1.807) is 51.8 Å². The lowest BCUT2D eigenvalue weighted by Gasteiger charge is -2.22. The van der Waals surface area contributed by atoms with E-state index in [1.165, 1.54) is 12.1 Å². The normalized spacial score (nSPS) is 18.4. The molecule has 0 fully saturated rings. The van der Waals surface area contributed by atoms with Crippen molar-refractivity contribution in [3.05, 3.63) is 59.7 Å². The number of amides is 1. The second kappa shape index (κ2) is 7.35. The van der Waals surface area contributed by atoms with E-state index in [1.807, 2.05) is 24.3 Å². The van der Waals surface area contributed by atoms with Gasteiger partial charge in [0, 0.05) is 24.7 Å². The summed E-state index contributed by atoms with van der Waals surface area (Å²) >= 11 is 0. The summed E-state index contributed by atoms with van der Waals surface area (Å²) < 4.78 is 10.2. The van der Waals surface area contributed by atoms with Crippen molar-refractivity contribution in [3.8, 4) is 5.75 Å². The molecule has 6 nitrogen and oxygen atoms in total. The van der Waals surface area contributed by atoms with Crippen LogP contribution in [0.2, 0.25) is 0 Å². The number of ether oxygens (including phenoxy) is 2. The average Bonchev–Trinajstić information content (AvgIpc) is 2.83. The van der Waals surface area contributed by atoms with E-state index in [2.05, 4.69) is 0 Å². The molecule has 0 saturated heterocycles. The summed E-state index contributed by atoms with van der Waals surface area (Å²) in [5, 5.41) is 0. The molecule has 1 unspecified atom stereocenters. The first kappa shape index (κ1) is 20.6. The minimum Gasteiger partial charge on any atom is -0.428 e. The Morgan fingerprint density at radius 1 is 1.03 bits per heavy atom. The smallest absolute Gasteiger partial charge is 0.428 e. The molecule has 1 heterocycles. The van der Waals surface area contributed by atoms with Gasteiger partial charge in [0.05, 0.1) is 5.41 Å². The fraction of sp³-hybridized carbons (Fsp3) is 0.348. The number of ketones is 1. The third kappa shape index (κ3) is 4.16. The monoisotopic (exact) mass is 395 g/mol. The molecule has 1 atom stereocenters. The summed E-state index contributed by atoms with van der Waals surface area (Å²) in [7, 11) is 1.72. The van der Waals surface area contributed by atoms with Crippen LogP contribution in [0.15, 0.2) is 48.5 Å². The van der Waals surface area contributed by atoms with Crippen LogP contribution in [0.25, 0.3) is 0 Å². The average molecular weight is 395 g/mol.